The first-order valence-electron chi connectivity index (χ1n) is 11.5. The number of likely N-dealkylation sites (tertiary alicyclic amines) is 2. The molecule has 1 aromatic carbocycles. The maximum absolute atomic E-state index is 12.7. The highest BCUT2D eigenvalue weighted by molar-refractivity contribution is 6.33. The van der Waals surface area contributed by atoms with Gasteiger partial charge in [0.05, 0.1) is 17.5 Å². The molecule has 1 N–H and O–H groups in total. The summed E-state index contributed by atoms with van der Waals surface area (Å²) >= 11 is 6.23. The predicted octanol–water partition coefficient (Wildman–Crippen LogP) is 3.59. The van der Waals surface area contributed by atoms with Crippen LogP contribution >= 0.6 is 11.6 Å². The molecule has 3 heterocycles. The number of rotatable bonds is 8. The number of piperidine rings is 2. The molecular formula is C23H32ClN5O2. The second-order valence-corrected chi connectivity index (χ2v) is 9.02. The molecule has 0 spiro atoms. The van der Waals surface area contributed by atoms with Crippen LogP contribution in [0.2, 0.25) is 5.02 Å². The van der Waals surface area contributed by atoms with Crippen molar-refractivity contribution in [1.82, 2.24) is 25.3 Å². The van der Waals surface area contributed by atoms with E-state index in [2.05, 4.69) is 25.3 Å². The zero-order chi connectivity index (χ0) is 21.5. The predicted molar refractivity (Wildman–Crippen MR) is 121 cm³/mol. The number of aromatic nitrogens is 2. The number of carbonyl (C=O) groups excluding carboxylic acids is 1. The van der Waals surface area contributed by atoms with E-state index in [0.29, 0.717) is 23.3 Å². The third-order valence-electron chi connectivity index (χ3n) is 6.22. The van der Waals surface area contributed by atoms with Crippen LogP contribution in [0.4, 0.5) is 0 Å². The van der Waals surface area contributed by atoms with Gasteiger partial charge in [-0.25, -0.2) is 0 Å². The molecule has 7 nitrogen and oxygen atoms in total. The number of benzene rings is 1. The zero-order valence-corrected chi connectivity index (χ0v) is 18.8. The van der Waals surface area contributed by atoms with E-state index in [9.17, 15) is 4.79 Å². The summed E-state index contributed by atoms with van der Waals surface area (Å²) in [7, 11) is 0. The standard InChI is InChI=1S/C23H32ClN5O2/c24-20-10-3-2-9-19(20)22-26-21(31-27-22)17-29-14-6-8-18(16-29)23(30)25-11-7-15-28-12-4-1-5-13-28/h2-3,9-10,18H,1,4-8,11-17H2,(H,25,30). The van der Waals surface area contributed by atoms with Gasteiger partial charge in [0.25, 0.3) is 0 Å². The van der Waals surface area contributed by atoms with Crippen LogP contribution in [0.15, 0.2) is 28.8 Å². The van der Waals surface area contributed by atoms with Gasteiger partial charge >= 0.3 is 0 Å². The Morgan fingerprint density at radius 1 is 1.13 bits per heavy atom. The number of carbonyl (C=O) groups is 1. The van der Waals surface area contributed by atoms with Crippen molar-refractivity contribution in [2.75, 3.05) is 39.3 Å². The van der Waals surface area contributed by atoms with Gasteiger partial charge in [0.15, 0.2) is 0 Å². The van der Waals surface area contributed by atoms with Crippen molar-refractivity contribution >= 4 is 17.5 Å². The van der Waals surface area contributed by atoms with E-state index in [1.165, 1.54) is 32.4 Å². The van der Waals surface area contributed by atoms with E-state index in [1.807, 2.05) is 24.3 Å². The number of amides is 1. The number of hydrogen-bond donors (Lipinski definition) is 1. The van der Waals surface area contributed by atoms with Crippen LogP contribution in [-0.4, -0.2) is 65.1 Å². The third kappa shape index (κ3) is 6.28. The molecule has 1 atom stereocenters. The summed E-state index contributed by atoms with van der Waals surface area (Å²) < 4.78 is 5.44. The number of nitrogens with one attached hydrogen (secondary N) is 1. The van der Waals surface area contributed by atoms with E-state index in [4.69, 9.17) is 16.1 Å². The lowest BCUT2D eigenvalue weighted by atomic mass is 9.97. The van der Waals surface area contributed by atoms with Crippen molar-refractivity contribution in [3.63, 3.8) is 0 Å². The minimum Gasteiger partial charge on any atom is -0.356 e. The fourth-order valence-electron chi connectivity index (χ4n) is 4.52. The van der Waals surface area contributed by atoms with Crippen LogP contribution < -0.4 is 5.32 Å². The summed E-state index contributed by atoms with van der Waals surface area (Å²) in [6.07, 6.45) is 6.93. The fraction of sp³-hybridized carbons (Fsp3) is 0.609. The Bertz CT molecular complexity index is 852. The molecule has 8 heteroatoms. The molecule has 0 saturated carbocycles. The van der Waals surface area contributed by atoms with Gasteiger partial charge in [0.1, 0.15) is 0 Å². The lowest BCUT2D eigenvalue weighted by Crippen LogP contribution is -2.43. The zero-order valence-electron chi connectivity index (χ0n) is 18.1. The fourth-order valence-corrected chi connectivity index (χ4v) is 4.74. The van der Waals surface area contributed by atoms with Crippen molar-refractivity contribution in [2.45, 2.75) is 45.1 Å². The van der Waals surface area contributed by atoms with Gasteiger partial charge in [0, 0.05) is 18.7 Å². The summed E-state index contributed by atoms with van der Waals surface area (Å²) in [5, 5.41) is 7.83. The van der Waals surface area contributed by atoms with Crippen molar-refractivity contribution < 1.29 is 9.32 Å². The highest BCUT2D eigenvalue weighted by Crippen LogP contribution is 2.25. The topological polar surface area (TPSA) is 74.5 Å². The van der Waals surface area contributed by atoms with Gasteiger partial charge < -0.3 is 14.7 Å². The molecule has 0 radical (unpaired) electrons. The molecule has 0 aliphatic carbocycles. The van der Waals surface area contributed by atoms with Crippen LogP contribution in [0.5, 0.6) is 0 Å². The van der Waals surface area contributed by atoms with Crippen LogP contribution in [0.25, 0.3) is 11.4 Å². The first kappa shape index (κ1) is 22.2. The second kappa shape index (κ2) is 11.1. The number of hydrogen-bond acceptors (Lipinski definition) is 6. The molecular weight excluding hydrogens is 414 g/mol. The lowest BCUT2D eigenvalue weighted by molar-refractivity contribution is -0.126. The molecule has 168 valence electrons. The molecule has 2 aliphatic rings. The highest BCUT2D eigenvalue weighted by Gasteiger charge is 2.27. The minimum atomic E-state index is 0.0229. The maximum Gasteiger partial charge on any atom is 0.241 e. The van der Waals surface area contributed by atoms with Crippen molar-refractivity contribution in [3.05, 3.63) is 35.2 Å². The smallest absolute Gasteiger partial charge is 0.241 e. The second-order valence-electron chi connectivity index (χ2n) is 8.61. The van der Waals surface area contributed by atoms with Crippen molar-refractivity contribution in [1.29, 1.82) is 0 Å². The summed E-state index contributed by atoms with van der Waals surface area (Å²) in [5.74, 6) is 1.25. The van der Waals surface area contributed by atoms with E-state index < -0.39 is 0 Å². The molecule has 2 saturated heterocycles. The van der Waals surface area contributed by atoms with E-state index >= 15 is 0 Å². The molecule has 31 heavy (non-hydrogen) atoms. The highest BCUT2D eigenvalue weighted by atomic mass is 35.5. The maximum atomic E-state index is 12.7. The largest absolute Gasteiger partial charge is 0.356 e. The van der Waals surface area contributed by atoms with Crippen LogP contribution in [-0.2, 0) is 11.3 Å². The van der Waals surface area contributed by atoms with Gasteiger partial charge in [-0.15, -0.1) is 0 Å². The average molecular weight is 446 g/mol. The first-order chi connectivity index (χ1) is 15.2. The number of halogens is 1. The van der Waals surface area contributed by atoms with E-state index in [0.717, 1.165) is 51.0 Å². The normalized spacial score (nSPS) is 20.6. The Labute approximate surface area is 189 Å². The van der Waals surface area contributed by atoms with Crippen LogP contribution in [0, 0.1) is 5.92 Å². The van der Waals surface area contributed by atoms with Crippen molar-refractivity contribution in [3.8, 4) is 11.4 Å². The quantitative estimate of drug-likeness (QED) is 0.626. The van der Waals surface area contributed by atoms with Gasteiger partial charge in [-0.3, -0.25) is 9.69 Å². The van der Waals surface area contributed by atoms with E-state index in [1.54, 1.807) is 0 Å². The Kier molecular flexibility index (Phi) is 7.94. The average Bonchev–Trinajstić information content (AvgIpc) is 3.26. The van der Waals surface area contributed by atoms with Gasteiger partial charge in [-0.2, -0.15) is 4.98 Å². The minimum absolute atomic E-state index is 0.0229. The molecule has 0 bridgehead atoms. The molecule has 1 amide bonds. The Morgan fingerprint density at radius 3 is 2.77 bits per heavy atom. The van der Waals surface area contributed by atoms with Crippen LogP contribution in [0.3, 0.4) is 0 Å². The van der Waals surface area contributed by atoms with Gasteiger partial charge in [-0.05, 0) is 70.4 Å². The van der Waals surface area contributed by atoms with Crippen molar-refractivity contribution in [2.24, 2.45) is 5.92 Å². The molecule has 4 rings (SSSR count). The Morgan fingerprint density at radius 2 is 1.94 bits per heavy atom. The Hall–Kier alpha value is -1.96. The summed E-state index contributed by atoms with van der Waals surface area (Å²) in [6, 6.07) is 7.47. The molecule has 2 aromatic rings. The summed E-state index contributed by atoms with van der Waals surface area (Å²) in [4.78, 5) is 21.9. The molecule has 1 aromatic heterocycles. The monoisotopic (exact) mass is 445 g/mol. The Balaban J connectivity index is 1.22. The van der Waals surface area contributed by atoms with Gasteiger partial charge in [0.2, 0.25) is 17.6 Å². The third-order valence-corrected chi connectivity index (χ3v) is 6.55. The molecule has 2 fully saturated rings. The first-order valence-corrected chi connectivity index (χ1v) is 11.9. The molecule has 2 aliphatic heterocycles. The lowest BCUT2D eigenvalue weighted by Gasteiger charge is -2.31. The summed E-state index contributed by atoms with van der Waals surface area (Å²) in [5.41, 5.74) is 0.764. The SMILES string of the molecule is O=C(NCCCN1CCCCC1)C1CCCN(Cc2nc(-c3ccccc3Cl)no2)C1. The van der Waals surface area contributed by atoms with E-state index in [-0.39, 0.29) is 11.8 Å². The summed E-state index contributed by atoms with van der Waals surface area (Å²) in [6.45, 7) is 6.47. The van der Waals surface area contributed by atoms with Gasteiger partial charge in [-0.1, -0.05) is 35.3 Å². The molecule has 1 unspecified atom stereocenters. The number of nitrogens with zero attached hydrogens (tertiary/aromatic N) is 4. The van der Waals surface area contributed by atoms with Crippen LogP contribution in [0.1, 0.15) is 44.4 Å².